The maximum Gasteiger partial charge on any atom is 0.158 e. The summed E-state index contributed by atoms with van der Waals surface area (Å²) in [6.45, 7) is 5.98. The van der Waals surface area contributed by atoms with Crippen LogP contribution in [-0.4, -0.2) is 12.1 Å². The molecule has 2 atom stereocenters. The Balaban J connectivity index is 2.46. The molecule has 0 saturated carbocycles. The van der Waals surface area contributed by atoms with E-state index in [0.29, 0.717) is 5.92 Å². The van der Waals surface area contributed by atoms with E-state index in [4.69, 9.17) is 0 Å². The van der Waals surface area contributed by atoms with Crippen molar-refractivity contribution in [1.29, 1.82) is 0 Å². The van der Waals surface area contributed by atoms with Crippen molar-refractivity contribution in [2.24, 2.45) is 11.8 Å². The molecule has 0 radical (unpaired) electrons. The van der Waals surface area contributed by atoms with Crippen LogP contribution in [0.2, 0.25) is 0 Å². The summed E-state index contributed by atoms with van der Waals surface area (Å²) >= 11 is 0. The number of allylic oxidation sites excluding steroid dienone is 4. The van der Waals surface area contributed by atoms with Gasteiger partial charge >= 0.3 is 0 Å². The largest absolute Gasteiger partial charge is 0.298 e. The lowest BCUT2D eigenvalue weighted by Gasteiger charge is -2.25. The Kier molecular flexibility index (Phi) is 5.33. The van der Waals surface area contributed by atoms with Crippen molar-refractivity contribution < 1.29 is 9.59 Å². The fourth-order valence-corrected chi connectivity index (χ4v) is 2.34. The maximum absolute atomic E-state index is 11.9. The molecule has 17 heavy (non-hydrogen) atoms. The lowest BCUT2D eigenvalue weighted by atomic mass is 9.79. The molecule has 0 fully saturated rings. The van der Waals surface area contributed by atoms with Gasteiger partial charge in [-0.2, -0.15) is 0 Å². The molecule has 0 spiro atoms. The molecule has 0 unspecified atom stereocenters. The number of ketones is 1. The van der Waals surface area contributed by atoms with Gasteiger partial charge in [-0.15, -0.1) is 0 Å². The SMILES string of the molecule is CC1=CC(=O)[C@H]([C@H](C)CC/C=C(\C)C=O)CC1. The summed E-state index contributed by atoms with van der Waals surface area (Å²) in [4.78, 5) is 22.3. The number of hydrogen-bond acceptors (Lipinski definition) is 2. The summed E-state index contributed by atoms with van der Waals surface area (Å²) in [5, 5.41) is 0. The van der Waals surface area contributed by atoms with Crippen LogP contribution in [-0.2, 0) is 9.59 Å². The Morgan fingerprint density at radius 3 is 2.88 bits per heavy atom. The molecule has 0 saturated heterocycles. The second-order valence-electron chi connectivity index (χ2n) is 5.16. The average Bonchev–Trinajstić information content (AvgIpc) is 2.28. The number of carbonyl (C=O) groups is 2. The number of rotatable bonds is 5. The van der Waals surface area contributed by atoms with Crippen LogP contribution in [0, 0.1) is 11.8 Å². The number of carbonyl (C=O) groups excluding carboxylic acids is 2. The smallest absolute Gasteiger partial charge is 0.158 e. The topological polar surface area (TPSA) is 34.1 Å². The fraction of sp³-hybridized carbons (Fsp3) is 0.600. The minimum Gasteiger partial charge on any atom is -0.298 e. The molecule has 0 aromatic rings. The molecule has 94 valence electrons. The van der Waals surface area contributed by atoms with Crippen molar-refractivity contribution in [2.45, 2.75) is 46.5 Å². The van der Waals surface area contributed by atoms with Crippen LogP contribution >= 0.6 is 0 Å². The van der Waals surface area contributed by atoms with Gasteiger partial charge < -0.3 is 0 Å². The molecule has 0 bridgehead atoms. The summed E-state index contributed by atoms with van der Waals surface area (Å²) in [6, 6.07) is 0. The molecule has 2 heteroatoms. The Labute approximate surface area is 104 Å². The van der Waals surface area contributed by atoms with Gasteiger partial charge in [0.25, 0.3) is 0 Å². The highest BCUT2D eigenvalue weighted by Gasteiger charge is 2.25. The van der Waals surface area contributed by atoms with Gasteiger partial charge in [-0.1, -0.05) is 18.6 Å². The Morgan fingerprint density at radius 1 is 1.59 bits per heavy atom. The first-order valence-electron chi connectivity index (χ1n) is 6.37. The highest BCUT2D eigenvalue weighted by Crippen LogP contribution is 2.29. The van der Waals surface area contributed by atoms with Gasteiger partial charge in [0.15, 0.2) is 5.78 Å². The highest BCUT2D eigenvalue weighted by atomic mass is 16.1. The zero-order valence-corrected chi connectivity index (χ0v) is 11.0. The lowest BCUT2D eigenvalue weighted by Crippen LogP contribution is -2.23. The molecule has 0 amide bonds. The van der Waals surface area contributed by atoms with Crippen LogP contribution in [0.15, 0.2) is 23.3 Å². The van der Waals surface area contributed by atoms with Crippen LogP contribution in [0.25, 0.3) is 0 Å². The first-order chi connectivity index (χ1) is 8.04. The molecule has 0 aromatic carbocycles. The van der Waals surface area contributed by atoms with E-state index in [-0.39, 0.29) is 11.7 Å². The monoisotopic (exact) mass is 234 g/mol. The predicted molar refractivity (Wildman–Crippen MR) is 69.7 cm³/mol. The van der Waals surface area contributed by atoms with E-state index < -0.39 is 0 Å². The molecular formula is C15H22O2. The first kappa shape index (κ1) is 13.9. The normalized spacial score (nSPS) is 23.2. The predicted octanol–water partition coefficient (Wildman–Crippen LogP) is 3.47. The summed E-state index contributed by atoms with van der Waals surface area (Å²) in [7, 11) is 0. The van der Waals surface area contributed by atoms with Crippen molar-refractivity contribution >= 4 is 12.1 Å². The van der Waals surface area contributed by atoms with E-state index in [0.717, 1.165) is 37.5 Å². The van der Waals surface area contributed by atoms with Gasteiger partial charge in [0.05, 0.1) is 0 Å². The van der Waals surface area contributed by atoms with Crippen molar-refractivity contribution in [3.63, 3.8) is 0 Å². The molecule has 0 aromatic heterocycles. The van der Waals surface area contributed by atoms with Gasteiger partial charge in [0, 0.05) is 5.92 Å². The molecule has 0 heterocycles. The van der Waals surface area contributed by atoms with Crippen molar-refractivity contribution in [2.75, 3.05) is 0 Å². The van der Waals surface area contributed by atoms with Crippen LogP contribution in [0.5, 0.6) is 0 Å². The summed E-state index contributed by atoms with van der Waals surface area (Å²) < 4.78 is 0. The van der Waals surface area contributed by atoms with E-state index in [1.807, 2.05) is 19.9 Å². The zero-order valence-electron chi connectivity index (χ0n) is 11.0. The maximum atomic E-state index is 11.9. The van der Waals surface area contributed by atoms with Crippen LogP contribution < -0.4 is 0 Å². The van der Waals surface area contributed by atoms with E-state index in [9.17, 15) is 9.59 Å². The third-order valence-corrected chi connectivity index (χ3v) is 3.56. The minimum atomic E-state index is 0.184. The molecule has 0 aliphatic heterocycles. The van der Waals surface area contributed by atoms with Gasteiger partial charge in [0.1, 0.15) is 6.29 Å². The van der Waals surface area contributed by atoms with E-state index in [2.05, 4.69) is 6.92 Å². The summed E-state index contributed by atoms with van der Waals surface area (Å²) in [6.07, 6.45) is 8.53. The molecule has 0 N–H and O–H groups in total. The minimum absolute atomic E-state index is 0.184. The third-order valence-electron chi connectivity index (χ3n) is 3.56. The van der Waals surface area contributed by atoms with E-state index in [1.54, 1.807) is 6.08 Å². The van der Waals surface area contributed by atoms with Crippen molar-refractivity contribution in [3.05, 3.63) is 23.3 Å². The van der Waals surface area contributed by atoms with E-state index >= 15 is 0 Å². The molecule has 2 nitrogen and oxygen atoms in total. The fourth-order valence-electron chi connectivity index (χ4n) is 2.34. The first-order valence-corrected chi connectivity index (χ1v) is 6.37. The van der Waals surface area contributed by atoms with Crippen molar-refractivity contribution in [1.82, 2.24) is 0 Å². The average molecular weight is 234 g/mol. The van der Waals surface area contributed by atoms with Gasteiger partial charge in [-0.05, 0) is 57.1 Å². The second-order valence-corrected chi connectivity index (χ2v) is 5.16. The van der Waals surface area contributed by atoms with E-state index in [1.165, 1.54) is 5.57 Å². The third kappa shape index (κ3) is 4.29. The van der Waals surface area contributed by atoms with Crippen LogP contribution in [0.4, 0.5) is 0 Å². The molecule has 1 rings (SSSR count). The number of hydrogen-bond donors (Lipinski definition) is 0. The number of aldehydes is 1. The Morgan fingerprint density at radius 2 is 2.29 bits per heavy atom. The summed E-state index contributed by atoms with van der Waals surface area (Å²) in [5.41, 5.74) is 1.98. The Hall–Kier alpha value is -1.18. The van der Waals surface area contributed by atoms with Crippen molar-refractivity contribution in [3.8, 4) is 0 Å². The molecular weight excluding hydrogens is 212 g/mol. The highest BCUT2D eigenvalue weighted by molar-refractivity contribution is 5.93. The second kappa shape index (κ2) is 6.53. The summed E-state index contributed by atoms with van der Waals surface area (Å²) in [5.74, 6) is 0.878. The molecule has 1 aliphatic carbocycles. The van der Waals surface area contributed by atoms with Gasteiger partial charge in [-0.25, -0.2) is 0 Å². The quantitative estimate of drug-likeness (QED) is 0.539. The molecule has 1 aliphatic rings. The standard InChI is InChI=1S/C15H22O2/c1-11-7-8-14(15(17)9-11)13(3)6-4-5-12(2)10-16/h5,9-10,13-14H,4,6-8H2,1-3H3/b12-5+/t13-,14+/m1/s1. The van der Waals surface area contributed by atoms with Crippen LogP contribution in [0.3, 0.4) is 0 Å². The Bertz CT molecular complexity index is 350. The van der Waals surface area contributed by atoms with Crippen LogP contribution in [0.1, 0.15) is 46.5 Å². The lowest BCUT2D eigenvalue weighted by molar-refractivity contribution is -0.120. The zero-order chi connectivity index (χ0) is 12.8. The van der Waals surface area contributed by atoms with Gasteiger partial charge in [0.2, 0.25) is 0 Å². The van der Waals surface area contributed by atoms with Gasteiger partial charge in [-0.3, -0.25) is 9.59 Å².